The smallest absolute Gasteiger partial charge is 0.160 e. The Morgan fingerprint density at radius 2 is 1.42 bits per heavy atom. The van der Waals surface area contributed by atoms with Crippen molar-refractivity contribution in [1.82, 2.24) is 4.90 Å². The van der Waals surface area contributed by atoms with Crippen LogP contribution in [-0.2, 0) is 9.59 Å². The highest BCUT2D eigenvalue weighted by Gasteiger charge is 2.23. The number of carbonyl (C=O) groups is 2. The monoisotopic (exact) mass is 361 g/mol. The number of allylic oxidation sites excluding steroid dienone is 1. The average Bonchev–Trinajstić information content (AvgIpc) is 2.63. The molecule has 0 spiro atoms. The van der Waals surface area contributed by atoms with E-state index in [1.807, 2.05) is 6.20 Å². The number of Topliss-reactive ketones (excluding diaryl/α,β-unsaturated/α-hetero) is 1. The van der Waals surface area contributed by atoms with Gasteiger partial charge in [0.05, 0.1) is 0 Å². The van der Waals surface area contributed by atoms with Gasteiger partial charge in [-0.3, -0.25) is 9.59 Å². The summed E-state index contributed by atoms with van der Waals surface area (Å²) < 4.78 is 0. The highest BCUT2D eigenvalue weighted by molar-refractivity contribution is 5.91. The fourth-order valence-corrected chi connectivity index (χ4v) is 4.40. The summed E-state index contributed by atoms with van der Waals surface area (Å²) in [5, 5.41) is 0. The second-order valence-electron chi connectivity index (χ2n) is 9.64. The molecule has 0 aliphatic heterocycles. The molecule has 3 nitrogen and oxygen atoms in total. The van der Waals surface area contributed by atoms with Gasteiger partial charge in [0.2, 0.25) is 0 Å². The quantitative estimate of drug-likeness (QED) is 0.533. The van der Waals surface area contributed by atoms with Crippen LogP contribution in [0.5, 0.6) is 0 Å². The SMILES string of the molecule is CC(C)(C)CN(/C=C/C(=O)C1CCCCC1)CCC(=O)C1CCCCC1. The molecule has 2 fully saturated rings. The molecule has 0 radical (unpaired) electrons. The normalized spacial score (nSPS) is 20.4. The molecule has 0 unspecified atom stereocenters. The van der Waals surface area contributed by atoms with E-state index in [1.54, 1.807) is 6.08 Å². The van der Waals surface area contributed by atoms with Gasteiger partial charge in [-0.15, -0.1) is 0 Å². The van der Waals surface area contributed by atoms with Gasteiger partial charge in [0, 0.05) is 37.5 Å². The van der Waals surface area contributed by atoms with E-state index in [2.05, 4.69) is 25.7 Å². The largest absolute Gasteiger partial charge is 0.376 e. The van der Waals surface area contributed by atoms with Gasteiger partial charge in [-0.2, -0.15) is 0 Å². The Morgan fingerprint density at radius 1 is 0.885 bits per heavy atom. The number of carbonyl (C=O) groups excluding carboxylic acids is 2. The van der Waals surface area contributed by atoms with Gasteiger partial charge in [-0.05, 0) is 37.2 Å². The number of hydrogen-bond donors (Lipinski definition) is 0. The standard InChI is InChI=1S/C23H39NO2/c1-23(2,3)18-24(16-14-21(25)19-10-6-4-7-11-19)17-15-22(26)20-12-8-5-9-13-20/h14,16,19-20H,4-13,15,17-18H2,1-3H3/b16-14+. The van der Waals surface area contributed by atoms with Crippen molar-refractivity contribution in [2.75, 3.05) is 13.1 Å². The Hall–Kier alpha value is -1.12. The van der Waals surface area contributed by atoms with E-state index in [9.17, 15) is 9.59 Å². The van der Waals surface area contributed by atoms with Gasteiger partial charge in [-0.25, -0.2) is 0 Å². The van der Waals surface area contributed by atoms with E-state index in [-0.39, 0.29) is 23.0 Å². The topological polar surface area (TPSA) is 37.4 Å². The predicted octanol–water partition coefficient (Wildman–Crippen LogP) is 5.54. The third-order valence-electron chi connectivity index (χ3n) is 5.84. The van der Waals surface area contributed by atoms with Gasteiger partial charge in [0.15, 0.2) is 5.78 Å². The van der Waals surface area contributed by atoms with Crippen molar-refractivity contribution in [1.29, 1.82) is 0 Å². The van der Waals surface area contributed by atoms with E-state index in [1.165, 1.54) is 38.5 Å². The molecule has 0 aromatic carbocycles. The minimum atomic E-state index is 0.145. The molecule has 0 N–H and O–H groups in total. The van der Waals surface area contributed by atoms with Crippen molar-refractivity contribution in [3.63, 3.8) is 0 Å². The fourth-order valence-electron chi connectivity index (χ4n) is 4.40. The Kier molecular flexibility index (Phi) is 8.37. The predicted molar refractivity (Wildman–Crippen MR) is 108 cm³/mol. The first-order valence-corrected chi connectivity index (χ1v) is 10.8. The maximum Gasteiger partial charge on any atom is 0.160 e. The van der Waals surface area contributed by atoms with Crippen LogP contribution in [0.2, 0.25) is 0 Å². The summed E-state index contributed by atoms with van der Waals surface area (Å²) in [4.78, 5) is 27.2. The molecule has 0 aromatic heterocycles. The molecule has 2 saturated carbocycles. The molecule has 3 heteroatoms. The molecule has 0 saturated heterocycles. The summed E-state index contributed by atoms with van der Waals surface area (Å²) in [5.74, 6) is 1.21. The zero-order valence-corrected chi connectivity index (χ0v) is 17.3. The van der Waals surface area contributed by atoms with Gasteiger partial charge in [0.25, 0.3) is 0 Å². The molecule has 2 rings (SSSR count). The van der Waals surface area contributed by atoms with Crippen LogP contribution in [0, 0.1) is 17.3 Å². The molecule has 2 aliphatic rings. The third kappa shape index (κ3) is 7.63. The second-order valence-corrected chi connectivity index (χ2v) is 9.64. The molecule has 0 bridgehead atoms. The van der Waals surface area contributed by atoms with Crippen LogP contribution in [0.15, 0.2) is 12.3 Å². The molecular formula is C23H39NO2. The Labute approximate surface area is 160 Å². The first-order chi connectivity index (χ1) is 12.3. The van der Waals surface area contributed by atoms with E-state index in [0.717, 1.165) is 38.8 Å². The molecule has 0 aromatic rings. The zero-order chi connectivity index (χ0) is 19.0. The first-order valence-electron chi connectivity index (χ1n) is 10.8. The summed E-state index contributed by atoms with van der Waals surface area (Å²) >= 11 is 0. The lowest BCUT2D eigenvalue weighted by atomic mass is 9.85. The van der Waals surface area contributed by atoms with Gasteiger partial charge >= 0.3 is 0 Å². The van der Waals surface area contributed by atoms with Crippen molar-refractivity contribution in [2.45, 2.75) is 91.4 Å². The van der Waals surface area contributed by atoms with Crippen LogP contribution in [0.1, 0.15) is 91.4 Å². The highest BCUT2D eigenvalue weighted by Crippen LogP contribution is 2.26. The minimum Gasteiger partial charge on any atom is -0.376 e. The van der Waals surface area contributed by atoms with Crippen LogP contribution in [0.3, 0.4) is 0 Å². The summed E-state index contributed by atoms with van der Waals surface area (Å²) in [5.41, 5.74) is 0.145. The molecule has 26 heavy (non-hydrogen) atoms. The van der Waals surface area contributed by atoms with E-state index in [0.29, 0.717) is 12.2 Å². The third-order valence-corrected chi connectivity index (χ3v) is 5.84. The van der Waals surface area contributed by atoms with Crippen LogP contribution >= 0.6 is 0 Å². The number of nitrogens with zero attached hydrogens (tertiary/aromatic N) is 1. The van der Waals surface area contributed by atoms with Crippen LogP contribution in [0.25, 0.3) is 0 Å². The van der Waals surface area contributed by atoms with Crippen LogP contribution in [0.4, 0.5) is 0 Å². The second kappa shape index (κ2) is 10.3. The summed E-state index contributed by atoms with van der Waals surface area (Å²) in [6.07, 6.45) is 16.0. The molecule has 2 aliphatic carbocycles. The van der Waals surface area contributed by atoms with Crippen LogP contribution < -0.4 is 0 Å². The van der Waals surface area contributed by atoms with E-state index >= 15 is 0 Å². The lowest BCUT2D eigenvalue weighted by Gasteiger charge is -2.30. The summed E-state index contributed by atoms with van der Waals surface area (Å²) in [6.45, 7) is 8.24. The highest BCUT2D eigenvalue weighted by atomic mass is 16.1. The molecule has 0 heterocycles. The van der Waals surface area contributed by atoms with Crippen molar-refractivity contribution < 1.29 is 9.59 Å². The maximum atomic E-state index is 12.5. The Morgan fingerprint density at radius 3 is 1.96 bits per heavy atom. The Balaban J connectivity index is 1.88. The van der Waals surface area contributed by atoms with Crippen molar-refractivity contribution in [3.05, 3.63) is 12.3 Å². The van der Waals surface area contributed by atoms with Crippen LogP contribution in [-0.4, -0.2) is 29.6 Å². The number of rotatable bonds is 8. The van der Waals surface area contributed by atoms with Gasteiger partial charge < -0.3 is 4.90 Å². The molecular weight excluding hydrogens is 322 g/mol. The summed E-state index contributed by atoms with van der Waals surface area (Å²) in [7, 11) is 0. The van der Waals surface area contributed by atoms with Crippen molar-refractivity contribution in [3.8, 4) is 0 Å². The lowest BCUT2D eigenvalue weighted by molar-refractivity contribution is -0.124. The van der Waals surface area contributed by atoms with Gasteiger partial charge in [0.1, 0.15) is 5.78 Å². The molecule has 0 amide bonds. The average molecular weight is 362 g/mol. The summed E-state index contributed by atoms with van der Waals surface area (Å²) in [6, 6.07) is 0. The fraction of sp³-hybridized carbons (Fsp3) is 0.826. The first kappa shape index (κ1) is 21.2. The van der Waals surface area contributed by atoms with E-state index in [4.69, 9.17) is 0 Å². The Bertz CT molecular complexity index is 477. The maximum absolute atomic E-state index is 12.5. The number of ketones is 2. The van der Waals surface area contributed by atoms with Crippen molar-refractivity contribution >= 4 is 11.6 Å². The zero-order valence-electron chi connectivity index (χ0n) is 17.3. The lowest BCUT2D eigenvalue weighted by Crippen LogP contribution is -2.32. The minimum absolute atomic E-state index is 0.145. The van der Waals surface area contributed by atoms with Crippen molar-refractivity contribution in [2.24, 2.45) is 17.3 Å². The number of hydrogen-bond acceptors (Lipinski definition) is 3. The molecule has 148 valence electrons. The molecule has 0 atom stereocenters. The van der Waals surface area contributed by atoms with Gasteiger partial charge in [-0.1, -0.05) is 59.3 Å². The van der Waals surface area contributed by atoms with E-state index < -0.39 is 0 Å².